The Hall–Kier alpha value is -1.22. The fraction of sp³-hybridized carbons (Fsp3) is 0.625. The molecule has 1 aromatic rings. The van der Waals surface area contributed by atoms with E-state index in [0.29, 0.717) is 17.4 Å². The Bertz CT molecular complexity index is 394. The quantitative estimate of drug-likeness (QED) is 0.883. The van der Waals surface area contributed by atoms with Crippen LogP contribution in [0.4, 0.5) is 0 Å². The monoisotopic (exact) mass is 264 g/mol. The summed E-state index contributed by atoms with van der Waals surface area (Å²) in [6, 6.07) is 5.65. The van der Waals surface area contributed by atoms with Gasteiger partial charge in [-0.15, -0.1) is 0 Å². The third kappa shape index (κ3) is 2.86. The minimum atomic E-state index is -0.498. The van der Waals surface area contributed by atoms with E-state index in [1.807, 2.05) is 18.2 Å². The van der Waals surface area contributed by atoms with Crippen molar-refractivity contribution in [2.75, 3.05) is 14.2 Å². The number of ether oxygens (including phenoxy) is 2. The molecule has 3 heteroatoms. The first-order valence-electron chi connectivity index (χ1n) is 7.10. The van der Waals surface area contributed by atoms with Gasteiger partial charge in [0.25, 0.3) is 0 Å². The molecule has 2 rings (SSSR count). The van der Waals surface area contributed by atoms with Crippen LogP contribution in [0.2, 0.25) is 0 Å². The smallest absolute Gasteiger partial charge is 0.128 e. The van der Waals surface area contributed by atoms with Gasteiger partial charge in [-0.05, 0) is 36.8 Å². The average molecular weight is 264 g/mol. The molecule has 0 aromatic heterocycles. The van der Waals surface area contributed by atoms with Gasteiger partial charge in [-0.1, -0.05) is 25.8 Å². The summed E-state index contributed by atoms with van der Waals surface area (Å²) in [5.41, 5.74) is 0.800. The van der Waals surface area contributed by atoms with Gasteiger partial charge in [-0.3, -0.25) is 0 Å². The van der Waals surface area contributed by atoms with Crippen LogP contribution in [0.25, 0.3) is 0 Å². The molecule has 1 aliphatic carbocycles. The van der Waals surface area contributed by atoms with Gasteiger partial charge in [0.05, 0.1) is 25.9 Å². The maximum Gasteiger partial charge on any atom is 0.128 e. The van der Waals surface area contributed by atoms with E-state index in [0.717, 1.165) is 24.3 Å². The zero-order valence-corrected chi connectivity index (χ0v) is 12.1. The molecule has 0 radical (unpaired) electrons. The summed E-state index contributed by atoms with van der Waals surface area (Å²) in [4.78, 5) is 0. The molecule has 1 saturated carbocycles. The summed E-state index contributed by atoms with van der Waals surface area (Å²) >= 11 is 0. The SMILES string of the molecule is CCC1CCC(C(O)c2c(OC)cccc2OC)C1. The Morgan fingerprint density at radius 3 is 2.32 bits per heavy atom. The number of methoxy groups -OCH3 is 2. The fourth-order valence-electron chi connectivity index (χ4n) is 3.18. The summed E-state index contributed by atoms with van der Waals surface area (Å²) in [5.74, 6) is 2.49. The van der Waals surface area contributed by atoms with E-state index in [4.69, 9.17) is 9.47 Å². The molecule has 106 valence electrons. The molecule has 19 heavy (non-hydrogen) atoms. The minimum absolute atomic E-state index is 0.315. The molecule has 0 bridgehead atoms. The highest BCUT2D eigenvalue weighted by Crippen LogP contribution is 2.45. The Kier molecular flexibility index (Phi) is 4.70. The van der Waals surface area contributed by atoms with E-state index < -0.39 is 6.10 Å². The molecule has 1 aromatic carbocycles. The summed E-state index contributed by atoms with van der Waals surface area (Å²) in [7, 11) is 3.27. The fourth-order valence-corrected chi connectivity index (χ4v) is 3.18. The lowest BCUT2D eigenvalue weighted by Crippen LogP contribution is -2.12. The van der Waals surface area contributed by atoms with Crippen molar-refractivity contribution in [3.63, 3.8) is 0 Å². The van der Waals surface area contributed by atoms with Crippen LogP contribution < -0.4 is 9.47 Å². The summed E-state index contributed by atoms with van der Waals surface area (Å²) < 4.78 is 10.8. The van der Waals surface area contributed by atoms with Crippen LogP contribution in [0.1, 0.15) is 44.3 Å². The molecule has 0 saturated heterocycles. The van der Waals surface area contributed by atoms with Crippen molar-refractivity contribution in [1.29, 1.82) is 0 Å². The van der Waals surface area contributed by atoms with Gasteiger partial charge in [0.15, 0.2) is 0 Å². The zero-order chi connectivity index (χ0) is 13.8. The maximum atomic E-state index is 10.7. The second-order valence-electron chi connectivity index (χ2n) is 5.37. The van der Waals surface area contributed by atoms with E-state index in [9.17, 15) is 5.11 Å². The predicted molar refractivity (Wildman–Crippen MR) is 75.6 cm³/mol. The topological polar surface area (TPSA) is 38.7 Å². The third-order valence-electron chi connectivity index (χ3n) is 4.37. The Balaban J connectivity index is 2.25. The van der Waals surface area contributed by atoms with Crippen molar-refractivity contribution >= 4 is 0 Å². The van der Waals surface area contributed by atoms with Crippen molar-refractivity contribution in [3.8, 4) is 11.5 Å². The zero-order valence-electron chi connectivity index (χ0n) is 12.1. The van der Waals surface area contributed by atoms with Crippen molar-refractivity contribution in [1.82, 2.24) is 0 Å². The van der Waals surface area contributed by atoms with Crippen LogP contribution in [-0.4, -0.2) is 19.3 Å². The molecule has 0 spiro atoms. The second-order valence-corrected chi connectivity index (χ2v) is 5.37. The second kappa shape index (κ2) is 6.29. The Morgan fingerprint density at radius 2 is 1.84 bits per heavy atom. The summed E-state index contributed by atoms with van der Waals surface area (Å²) in [5, 5.41) is 10.7. The molecule has 1 fully saturated rings. The molecule has 0 heterocycles. The molecule has 3 nitrogen and oxygen atoms in total. The Morgan fingerprint density at radius 1 is 1.21 bits per heavy atom. The van der Waals surface area contributed by atoms with E-state index in [-0.39, 0.29) is 0 Å². The Labute approximate surface area is 115 Å². The van der Waals surface area contributed by atoms with Gasteiger partial charge >= 0.3 is 0 Å². The highest BCUT2D eigenvalue weighted by molar-refractivity contribution is 5.46. The number of aliphatic hydroxyl groups excluding tert-OH is 1. The number of hydrogen-bond acceptors (Lipinski definition) is 3. The highest BCUT2D eigenvalue weighted by atomic mass is 16.5. The van der Waals surface area contributed by atoms with Gasteiger partial charge in [-0.25, -0.2) is 0 Å². The minimum Gasteiger partial charge on any atom is -0.496 e. The first-order chi connectivity index (χ1) is 9.21. The highest BCUT2D eigenvalue weighted by Gasteiger charge is 2.32. The van der Waals surface area contributed by atoms with E-state index in [2.05, 4.69) is 6.92 Å². The van der Waals surface area contributed by atoms with Crippen LogP contribution >= 0.6 is 0 Å². The van der Waals surface area contributed by atoms with Crippen molar-refractivity contribution < 1.29 is 14.6 Å². The average Bonchev–Trinajstić information content (AvgIpc) is 2.94. The summed E-state index contributed by atoms with van der Waals surface area (Å²) in [6.45, 7) is 2.23. The van der Waals surface area contributed by atoms with Gasteiger partial charge in [0.2, 0.25) is 0 Å². The first-order valence-corrected chi connectivity index (χ1v) is 7.10. The van der Waals surface area contributed by atoms with Crippen LogP contribution in [0.3, 0.4) is 0 Å². The lowest BCUT2D eigenvalue weighted by Gasteiger charge is -2.23. The van der Waals surface area contributed by atoms with E-state index in [1.54, 1.807) is 14.2 Å². The standard InChI is InChI=1S/C16H24O3/c1-4-11-8-9-12(10-11)16(17)15-13(18-2)6-5-7-14(15)19-3/h5-7,11-12,16-17H,4,8-10H2,1-3H3. The predicted octanol–water partition coefficient (Wildman–Crippen LogP) is 3.56. The number of hydrogen-bond donors (Lipinski definition) is 1. The lowest BCUT2D eigenvalue weighted by molar-refractivity contribution is 0.103. The van der Waals surface area contributed by atoms with Gasteiger partial charge in [-0.2, -0.15) is 0 Å². The maximum absolute atomic E-state index is 10.7. The largest absolute Gasteiger partial charge is 0.496 e. The summed E-state index contributed by atoms with van der Waals surface area (Å²) in [6.07, 6.45) is 4.10. The first kappa shape index (κ1) is 14.2. The molecule has 0 amide bonds. The number of benzene rings is 1. The van der Waals surface area contributed by atoms with Crippen molar-refractivity contribution in [2.45, 2.75) is 38.7 Å². The molecule has 0 aliphatic heterocycles. The van der Waals surface area contributed by atoms with E-state index in [1.165, 1.54) is 12.8 Å². The van der Waals surface area contributed by atoms with Crippen LogP contribution in [-0.2, 0) is 0 Å². The molecular weight excluding hydrogens is 240 g/mol. The van der Waals surface area contributed by atoms with E-state index >= 15 is 0 Å². The van der Waals surface area contributed by atoms with Crippen molar-refractivity contribution in [3.05, 3.63) is 23.8 Å². The van der Waals surface area contributed by atoms with Crippen LogP contribution in [0, 0.1) is 11.8 Å². The molecule has 3 atom stereocenters. The molecule has 1 N–H and O–H groups in total. The van der Waals surface area contributed by atoms with Crippen molar-refractivity contribution in [2.24, 2.45) is 11.8 Å². The molecular formula is C16H24O3. The molecule has 3 unspecified atom stereocenters. The normalized spacial score (nSPS) is 24.2. The lowest BCUT2D eigenvalue weighted by atomic mass is 9.91. The third-order valence-corrected chi connectivity index (χ3v) is 4.37. The number of aliphatic hydroxyl groups is 1. The molecule has 1 aliphatic rings. The van der Waals surface area contributed by atoms with Gasteiger partial charge in [0.1, 0.15) is 11.5 Å². The van der Waals surface area contributed by atoms with Crippen LogP contribution in [0.5, 0.6) is 11.5 Å². The van der Waals surface area contributed by atoms with Crippen LogP contribution in [0.15, 0.2) is 18.2 Å². The van der Waals surface area contributed by atoms with Gasteiger partial charge < -0.3 is 14.6 Å². The van der Waals surface area contributed by atoms with Gasteiger partial charge in [0, 0.05) is 0 Å². The number of rotatable bonds is 5.